The van der Waals surface area contributed by atoms with Crippen LogP contribution in [0.5, 0.6) is 0 Å². The largest absolute Gasteiger partial charge is 0.369 e. The van der Waals surface area contributed by atoms with Crippen LogP contribution in [-0.4, -0.2) is 55.4 Å². The van der Waals surface area contributed by atoms with Gasteiger partial charge < -0.3 is 10.2 Å². The Morgan fingerprint density at radius 1 is 1.10 bits per heavy atom. The fraction of sp³-hybridized carbons (Fsp3) is 0.368. The quantitative estimate of drug-likeness (QED) is 0.560. The highest BCUT2D eigenvalue weighted by Crippen LogP contribution is 2.30. The number of hydrogen-bond donors (Lipinski definition) is 1. The predicted molar refractivity (Wildman–Crippen MR) is 121 cm³/mol. The summed E-state index contributed by atoms with van der Waals surface area (Å²) in [4.78, 5) is 11.5. The van der Waals surface area contributed by atoms with Crippen LogP contribution in [0.2, 0.25) is 0 Å². The fourth-order valence-electron chi connectivity index (χ4n) is 3.28. The standard InChI is InChI=1S/C19H22BrN5O2S2/c1-2-9-21-18-14-5-3-4-6-15(14)22-19(23-18)24-10-12-25(13-11-24)29(26,27)17-8-7-16(20)28-17/h3-8H,2,9-13H2,1H3,(H,21,22,23). The number of fused-ring (bicyclic) bond motifs is 1. The van der Waals surface area contributed by atoms with Crippen molar-refractivity contribution in [1.29, 1.82) is 0 Å². The summed E-state index contributed by atoms with van der Waals surface area (Å²) in [6.07, 6.45) is 1.00. The molecule has 3 heterocycles. The van der Waals surface area contributed by atoms with Crippen molar-refractivity contribution in [3.63, 3.8) is 0 Å². The van der Waals surface area contributed by atoms with Crippen molar-refractivity contribution in [2.45, 2.75) is 17.6 Å². The van der Waals surface area contributed by atoms with Gasteiger partial charge in [-0.25, -0.2) is 13.4 Å². The molecular formula is C19H22BrN5O2S2. The minimum absolute atomic E-state index is 0.367. The molecule has 154 valence electrons. The molecular weight excluding hydrogens is 474 g/mol. The maximum Gasteiger partial charge on any atom is 0.252 e. The van der Waals surface area contributed by atoms with Gasteiger partial charge in [0.25, 0.3) is 10.0 Å². The fourth-order valence-corrected chi connectivity index (χ4v) is 6.86. The molecule has 7 nitrogen and oxygen atoms in total. The number of hydrogen-bond acceptors (Lipinski definition) is 7. The molecule has 3 aromatic rings. The van der Waals surface area contributed by atoms with Crippen molar-refractivity contribution in [1.82, 2.24) is 14.3 Å². The molecule has 1 aliphatic rings. The molecule has 10 heteroatoms. The molecule has 1 aromatic carbocycles. The Balaban J connectivity index is 1.54. The van der Waals surface area contributed by atoms with E-state index in [0.29, 0.717) is 36.3 Å². The summed E-state index contributed by atoms with van der Waals surface area (Å²) in [6, 6.07) is 11.4. The number of sulfonamides is 1. The Morgan fingerprint density at radius 3 is 2.55 bits per heavy atom. The summed E-state index contributed by atoms with van der Waals surface area (Å²) in [5.41, 5.74) is 0.884. The van der Waals surface area contributed by atoms with Gasteiger partial charge >= 0.3 is 0 Å². The second-order valence-electron chi connectivity index (χ2n) is 6.77. The lowest BCUT2D eigenvalue weighted by Gasteiger charge is -2.34. The molecule has 4 rings (SSSR count). The van der Waals surface area contributed by atoms with Crippen LogP contribution in [0.25, 0.3) is 10.9 Å². The highest BCUT2D eigenvalue weighted by atomic mass is 79.9. The molecule has 0 aliphatic carbocycles. The molecule has 0 saturated carbocycles. The van der Waals surface area contributed by atoms with E-state index < -0.39 is 10.0 Å². The van der Waals surface area contributed by atoms with Crippen LogP contribution < -0.4 is 10.2 Å². The first-order chi connectivity index (χ1) is 14.0. The highest BCUT2D eigenvalue weighted by Gasteiger charge is 2.30. The molecule has 1 saturated heterocycles. The third-order valence-corrected chi connectivity index (χ3v) is 8.79. The van der Waals surface area contributed by atoms with E-state index in [1.54, 1.807) is 16.4 Å². The van der Waals surface area contributed by atoms with Crippen LogP contribution in [0.3, 0.4) is 0 Å². The van der Waals surface area contributed by atoms with E-state index in [9.17, 15) is 8.42 Å². The van der Waals surface area contributed by atoms with Crippen molar-refractivity contribution in [3.8, 4) is 0 Å². The molecule has 1 N–H and O–H groups in total. The highest BCUT2D eigenvalue weighted by molar-refractivity contribution is 9.11. The van der Waals surface area contributed by atoms with Gasteiger partial charge in [0.2, 0.25) is 5.95 Å². The second kappa shape index (κ2) is 8.55. The summed E-state index contributed by atoms with van der Waals surface area (Å²) in [7, 11) is -3.46. The summed E-state index contributed by atoms with van der Waals surface area (Å²) < 4.78 is 28.4. The van der Waals surface area contributed by atoms with Gasteiger partial charge in [0, 0.05) is 38.1 Å². The monoisotopic (exact) mass is 495 g/mol. The van der Waals surface area contributed by atoms with E-state index >= 15 is 0 Å². The third kappa shape index (κ3) is 4.25. The smallest absolute Gasteiger partial charge is 0.252 e. The number of nitrogens with zero attached hydrogens (tertiary/aromatic N) is 4. The van der Waals surface area contributed by atoms with Gasteiger partial charge in [-0.15, -0.1) is 11.3 Å². The van der Waals surface area contributed by atoms with Crippen LogP contribution >= 0.6 is 27.3 Å². The summed E-state index contributed by atoms with van der Waals surface area (Å²) in [6.45, 7) is 4.87. The van der Waals surface area contributed by atoms with E-state index in [0.717, 1.165) is 33.5 Å². The minimum Gasteiger partial charge on any atom is -0.369 e. The molecule has 0 spiro atoms. The zero-order valence-electron chi connectivity index (χ0n) is 16.0. The number of piperazine rings is 1. The minimum atomic E-state index is -3.46. The van der Waals surface area contributed by atoms with E-state index in [2.05, 4.69) is 33.1 Å². The Hall–Kier alpha value is -1.75. The Bertz CT molecular complexity index is 1110. The number of halogens is 1. The van der Waals surface area contributed by atoms with Crippen LogP contribution in [0, 0.1) is 0 Å². The number of rotatable bonds is 6. The zero-order chi connectivity index (χ0) is 20.4. The van der Waals surface area contributed by atoms with Gasteiger partial charge in [0.1, 0.15) is 10.0 Å². The van der Waals surface area contributed by atoms with Gasteiger partial charge in [-0.1, -0.05) is 19.1 Å². The number of anilines is 2. The average Bonchev–Trinajstić information content (AvgIpc) is 3.19. The van der Waals surface area contributed by atoms with E-state index in [1.807, 2.05) is 24.3 Å². The third-order valence-electron chi connectivity index (χ3n) is 4.80. The van der Waals surface area contributed by atoms with E-state index in [4.69, 9.17) is 9.97 Å². The molecule has 0 atom stereocenters. The Kier molecular flexibility index (Phi) is 6.05. The predicted octanol–water partition coefficient (Wildman–Crippen LogP) is 3.79. The van der Waals surface area contributed by atoms with Crippen molar-refractivity contribution < 1.29 is 8.42 Å². The topological polar surface area (TPSA) is 78.4 Å². The number of aromatic nitrogens is 2. The number of para-hydroxylation sites is 1. The van der Waals surface area contributed by atoms with Gasteiger partial charge in [0.05, 0.1) is 9.30 Å². The second-order valence-corrected chi connectivity index (χ2v) is 11.4. The molecule has 0 radical (unpaired) electrons. The van der Waals surface area contributed by atoms with Crippen LogP contribution in [0.1, 0.15) is 13.3 Å². The number of thiophene rings is 1. The summed E-state index contributed by atoms with van der Waals surface area (Å²) in [5, 5.41) is 4.38. The SMILES string of the molecule is CCCNc1nc(N2CCN(S(=O)(=O)c3ccc(Br)s3)CC2)nc2ccccc12. The molecule has 29 heavy (non-hydrogen) atoms. The van der Waals surface area contributed by atoms with Gasteiger partial charge in [-0.3, -0.25) is 0 Å². The van der Waals surface area contributed by atoms with Crippen LogP contribution in [0.4, 0.5) is 11.8 Å². The van der Waals surface area contributed by atoms with Crippen molar-refractivity contribution in [2.24, 2.45) is 0 Å². The van der Waals surface area contributed by atoms with Crippen LogP contribution in [-0.2, 0) is 10.0 Å². The van der Waals surface area contributed by atoms with Gasteiger partial charge in [-0.2, -0.15) is 9.29 Å². The lowest BCUT2D eigenvalue weighted by Crippen LogP contribution is -2.49. The first-order valence-electron chi connectivity index (χ1n) is 9.50. The first-order valence-corrected chi connectivity index (χ1v) is 12.5. The summed E-state index contributed by atoms with van der Waals surface area (Å²) in [5.74, 6) is 1.46. The maximum absolute atomic E-state index is 12.8. The molecule has 1 aliphatic heterocycles. The molecule has 2 aromatic heterocycles. The lowest BCUT2D eigenvalue weighted by molar-refractivity contribution is 0.383. The van der Waals surface area contributed by atoms with E-state index in [-0.39, 0.29) is 0 Å². The molecule has 0 amide bonds. The van der Waals surface area contributed by atoms with Gasteiger partial charge in [0.15, 0.2) is 0 Å². The molecule has 0 bridgehead atoms. The molecule has 0 unspecified atom stereocenters. The average molecular weight is 496 g/mol. The zero-order valence-corrected chi connectivity index (χ0v) is 19.2. The van der Waals surface area contributed by atoms with Gasteiger partial charge in [-0.05, 0) is 46.6 Å². The lowest BCUT2D eigenvalue weighted by atomic mass is 10.2. The van der Waals surface area contributed by atoms with Crippen molar-refractivity contribution in [2.75, 3.05) is 42.9 Å². The first kappa shape index (κ1) is 20.5. The van der Waals surface area contributed by atoms with Crippen LogP contribution in [0.15, 0.2) is 44.4 Å². The maximum atomic E-state index is 12.8. The number of benzene rings is 1. The van der Waals surface area contributed by atoms with Crippen molar-refractivity contribution in [3.05, 3.63) is 40.2 Å². The van der Waals surface area contributed by atoms with E-state index in [1.165, 1.54) is 11.3 Å². The number of nitrogens with one attached hydrogen (secondary N) is 1. The normalized spacial score (nSPS) is 15.7. The molecule has 1 fully saturated rings. The Morgan fingerprint density at radius 2 is 1.86 bits per heavy atom. The Labute approximate surface area is 182 Å². The summed E-state index contributed by atoms with van der Waals surface area (Å²) >= 11 is 4.57. The van der Waals surface area contributed by atoms with Crippen molar-refractivity contribution >= 4 is 60.0 Å².